The lowest BCUT2D eigenvalue weighted by Crippen LogP contribution is -2.42. The van der Waals surface area contributed by atoms with Crippen molar-refractivity contribution in [3.63, 3.8) is 0 Å². The molecule has 2 aromatic carbocycles. The van der Waals surface area contributed by atoms with Gasteiger partial charge in [0.1, 0.15) is 0 Å². The van der Waals surface area contributed by atoms with Crippen LogP contribution < -0.4 is 11.1 Å². The highest BCUT2D eigenvalue weighted by atomic mass is 16.2. The number of hydrogen-bond acceptors (Lipinski definition) is 4. The van der Waals surface area contributed by atoms with Crippen molar-refractivity contribution >= 4 is 11.9 Å². The largest absolute Gasteiger partial charge is 0.369 e. The second kappa shape index (κ2) is 8.27. The van der Waals surface area contributed by atoms with E-state index in [1.54, 1.807) is 6.20 Å². The molecule has 4 N–H and O–H groups in total. The van der Waals surface area contributed by atoms with E-state index in [-0.39, 0.29) is 11.9 Å². The van der Waals surface area contributed by atoms with E-state index in [1.165, 1.54) is 5.56 Å². The van der Waals surface area contributed by atoms with Gasteiger partial charge in [-0.15, -0.1) is 0 Å². The zero-order valence-electron chi connectivity index (χ0n) is 15.8. The van der Waals surface area contributed by atoms with Gasteiger partial charge in [-0.2, -0.15) is 0 Å². The van der Waals surface area contributed by atoms with E-state index < -0.39 is 0 Å². The standard InChI is InChI=1S/C22H25N5O/c23-22-25-14-19(26-22)18-10-8-16(9-11-18)13-24-21(28)20-7-4-12-27(20)15-17-5-2-1-3-6-17/h1-3,5-6,8-11,14,20H,4,7,12-13,15H2,(H,24,28)(H3,23,25,26). The van der Waals surface area contributed by atoms with Gasteiger partial charge < -0.3 is 16.0 Å². The van der Waals surface area contributed by atoms with Crippen LogP contribution in [0.3, 0.4) is 0 Å². The Balaban J connectivity index is 1.33. The number of aromatic amines is 1. The van der Waals surface area contributed by atoms with Crippen molar-refractivity contribution < 1.29 is 4.79 Å². The molecular formula is C22H25N5O. The average molecular weight is 375 g/mol. The summed E-state index contributed by atoms with van der Waals surface area (Å²) in [6, 6.07) is 18.3. The van der Waals surface area contributed by atoms with Crippen molar-refractivity contribution in [3.8, 4) is 11.3 Å². The first-order valence-corrected chi connectivity index (χ1v) is 9.64. The summed E-state index contributed by atoms with van der Waals surface area (Å²) >= 11 is 0. The minimum atomic E-state index is -0.0487. The van der Waals surface area contributed by atoms with Crippen molar-refractivity contribution in [3.05, 3.63) is 71.9 Å². The highest BCUT2D eigenvalue weighted by molar-refractivity contribution is 5.82. The molecule has 1 saturated heterocycles. The fraction of sp³-hybridized carbons (Fsp3) is 0.273. The summed E-state index contributed by atoms with van der Waals surface area (Å²) in [5.41, 5.74) is 9.84. The highest BCUT2D eigenvalue weighted by Crippen LogP contribution is 2.21. The Morgan fingerprint density at radius 1 is 1.14 bits per heavy atom. The molecule has 1 aromatic heterocycles. The van der Waals surface area contributed by atoms with Crippen LogP contribution in [0, 0.1) is 0 Å². The Morgan fingerprint density at radius 2 is 1.93 bits per heavy atom. The number of carbonyl (C=O) groups is 1. The number of nitrogens with two attached hydrogens (primary N) is 1. The number of amides is 1. The number of hydrogen-bond donors (Lipinski definition) is 3. The first kappa shape index (κ1) is 18.3. The van der Waals surface area contributed by atoms with Gasteiger partial charge in [-0.25, -0.2) is 4.98 Å². The summed E-state index contributed by atoms with van der Waals surface area (Å²) in [5.74, 6) is 0.516. The average Bonchev–Trinajstić information content (AvgIpc) is 3.36. The zero-order valence-corrected chi connectivity index (χ0v) is 15.8. The number of nitrogen functional groups attached to an aromatic ring is 1. The molecule has 0 spiro atoms. The minimum Gasteiger partial charge on any atom is -0.369 e. The molecule has 3 aromatic rings. The lowest BCUT2D eigenvalue weighted by atomic mass is 10.1. The Kier molecular flexibility index (Phi) is 5.39. The van der Waals surface area contributed by atoms with Gasteiger partial charge in [-0.05, 0) is 36.1 Å². The van der Waals surface area contributed by atoms with Crippen LogP contribution in [0.15, 0.2) is 60.8 Å². The molecule has 1 fully saturated rings. The number of nitrogens with zero attached hydrogens (tertiary/aromatic N) is 2. The van der Waals surface area contributed by atoms with Gasteiger partial charge >= 0.3 is 0 Å². The maximum atomic E-state index is 12.7. The highest BCUT2D eigenvalue weighted by Gasteiger charge is 2.30. The van der Waals surface area contributed by atoms with E-state index >= 15 is 0 Å². The monoisotopic (exact) mass is 375 g/mol. The Morgan fingerprint density at radius 3 is 2.64 bits per heavy atom. The number of H-pyrrole nitrogens is 1. The van der Waals surface area contributed by atoms with Crippen molar-refractivity contribution in [2.24, 2.45) is 0 Å². The zero-order chi connectivity index (χ0) is 19.3. The van der Waals surface area contributed by atoms with Crippen LogP contribution in [0.5, 0.6) is 0 Å². The van der Waals surface area contributed by atoms with Gasteiger partial charge in [0.05, 0.1) is 17.9 Å². The van der Waals surface area contributed by atoms with Crippen LogP contribution >= 0.6 is 0 Å². The van der Waals surface area contributed by atoms with Crippen molar-refractivity contribution in [1.29, 1.82) is 0 Å². The molecule has 0 aliphatic carbocycles. The van der Waals surface area contributed by atoms with E-state index in [2.05, 4.69) is 32.3 Å². The number of likely N-dealkylation sites (tertiary alicyclic amines) is 1. The summed E-state index contributed by atoms with van der Waals surface area (Å²) in [6.07, 6.45) is 3.69. The molecule has 144 valence electrons. The number of carbonyl (C=O) groups excluding carboxylic acids is 1. The Bertz CT molecular complexity index is 920. The normalized spacial score (nSPS) is 16.9. The first-order valence-electron chi connectivity index (χ1n) is 9.64. The second-order valence-electron chi connectivity index (χ2n) is 7.21. The Hall–Kier alpha value is -3.12. The Labute approximate surface area is 164 Å². The van der Waals surface area contributed by atoms with Gasteiger partial charge in [0, 0.05) is 13.1 Å². The number of benzene rings is 2. The maximum absolute atomic E-state index is 12.7. The van der Waals surface area contributed by atoms with Crippen molar-refractivity contribution in [2.45, 2.75) is 32.0 Å². The van der Waals surface area contributed by atoms with Crippen LogP contribution in [0.2, 0.25) is 0 Å². The van der Waals surface area contributed by atoms with Crippen molar-refractivity contribution in [2.75, 3.05) is 12.3 Å². The number of aromatic nitrogens is 2. The molecular weight excluding hydrogens is 350 g/mol. The third-order valence-corrected chi connectivity index (χ3v) is 5.22. The topological polar surface area (TPSA) is 87.0 Å². The minimum absolute atomic E-state index is 0.0487. The number of rotatable bonds is 6. The van der Waals surface area contributed by atoms with Gasteiger partial charge in [0.25, 0.3) is 0 Å². The predicted molar refractivity (Wildman–Crippen MR) is 110 cm³/mol. The molecule has 1 amide bonds. The van der Waals surface area contributed by atoms with E-state index in [9.17, 15) is 4.79 Å². The van der Waals surface area contributed by atoms with Crippen LogP contribution in [0.25, 0.3) is 11.3 Å². The molecule has 1 aliphatic heterocycles. The first-order chi connectivity index (χ1) is 13.7. The fourth-order valence-electron chi connectivity index (χ4n) is 3.72. The van der Waals surface area contributed by atoms with Gasteiger partial charge in [-0.1, -0.05) is 54.6 Å². The predicted octanol–water partition coefficient (Wildman–Crippen LogP) is 2.94. The summed E-state index contributed by atoms with van der Waals surface area (Å²) < 4.78 is 0. The molecule has 1 atom stereocenters. The molecule has 6 nitrogen and oxygen atoms in total. The summed E-state index contributed by atoms with van der Waals surface area (Å²) in [7, 11) is 0. The molecule has 6 heteroatoms. The third-order valence-electron chi connectivity index (χ3n) is 5.22. The van der Waals surface area contributed by atoms with E-state index in [4.69, 9.17) is 5.73 Å². The molecule has 0 bridgehead atoms. The number of anilines is 1. The molecule has 0 saturated carbocycles. The number of imidazole rings is 1. The molecule has 1 aliphatic rings. The summed E-state index contributed by atoms with van der Waals surface area (Å²) in [4.78, 5) is 22.0. The molecule has 28 heavy (non-hydrogen) atoms. The van der Waals surface area contributed by atoms with E-state index in [1.807, 2.05) is 42.5 Å². The second-order valence-corrected chi connectivity index (χ2v) is 7.21. The molecule has 1 unspecified atom stereocenters. The van der Waals surface area contributed by atoms with E-state index in [0.29, 0.717) is 12.5 Å². The van der Waals surface area contributed by atoms with Gasteiger partial charge in [0.2, 0.25) is 5.91 Å². The number of nitrogens with one attached hydrogen (secondary N) is 2. The SMILES string of the molecule is Nc1ncc(-c2ccc(CNC(=O)C3CCCN3Cc3ccccc3)cc2)[nH]1. The van der Waals surface area contributed by atoms with Crippen LogP contribution in [-0.2, 0) is 17.9 Å². The van der Waals surface area contributed by atoms with Crippen molar-refractivity contribution in [1.82, 2.24) is 20.2 Å². The molecule has 0 radical (unpaired) electrons. The summed E-state index contributed by atoms with van der Waals surface area (Å²) in [6.45, 7) is 2.32. The quantitative estimate of drug-likeness (QED) is 0.618. The lowest BCUT2D eigenvalue weighted by molar-refractivity contribution is -0.125. The molecule has 4 rings (SSSR count). The van der Waals surface area contributed by atoms with Crippen LogP contribution in [0.4, 0.5) is 5.95 Å². The fourth-order valence-corrected chi connectivity index (χ4v) is 3.72. The van der Waals surface area contributed by atoms with Gasteiger partial charge in [0.15, 0.2) is 5.95 Å². The molecule has 2 heterocycles. The van der Waals surface area contributed by atoms with Crippen LogP contribution in [0.1, 0.15) is 24.0 Å². The smallest absolute Gasteiger partial charge is 0.237 e. The summed E-state index contributed by atoms with van der Waals surface area (Å²) in [5, 5.41) is 3.10. The maximum Gasteiger partial charge on any atom is 0.237 e. The van der Waals surface area contributed by atoms with Gasteiger partial charge in [-0.3, -0.25) is 9.69 Å². The third kappa shape index (κ3) is 4.23. The van der Waals surface area contributed by atoms with E-state index in [0.717, 1.165) is 42.8 Å². The van der Waals surface area contributed by atoms with Crippen LogP contribution in [-0.4, -0.2) is 33.4 Å². The lowest BCUT2D eigenvalue weighted by Gasteiger charge is -2.23.